The second kappa shape index (κ2) is 6.28. The molecule has 0 heterocycles. The smallest absolute Gasteiger partial charge is 0.269 e. The van der Waals surface area contributed by atoms with Gasteiger partial charge >= 0.3 is 0 Å². The van der Waals surface area contributed by atoms with Crippen molar-refractivity contribution in [1.82, 2.24) is 0 Å². The van der Waals surface area contributed by atoms with Gasteiger partial charge in [-0.05, 0) is 24.3 Å². The van der Waals surface area contributed by atoms with Crippen LogP contribution in [0.3, 0.4) is 0 Å². The van der Waals surface area contributed by atoms with E-state index in [1.54, 1.807) is 0 Å². The normalized spacial score (nSPS) is 11.7. The van der Waals surface area contributed by atoms with Gasteiger partial charge in [0.25, 0.3) is 22.6 Å². The lowest BCUT2D eigenvalue weighted by Gasteiger charge is -2.19. The number of nitro benzene ring substituents is 2. The van der Waals surface area contributed by atoms with E-state index in [0.717, 1.165) is 4.31 Å². The predicted octanol–water partition coefficient (Wildman–Crippen LogP) is 2.78. The van der Waals surface area contributed by atoms with E-state index in [1.165, 1.54) is 48.5 Å². The van der Waals surface area contributed by atoms with Crippen LogP contribution in [0.1, 0.15) is 0 Å². The van der Waals surface area contributed by atoms with Crippen LogP contribution in [0.4, 0.5) is 22.7 Å². The highest BCUT2D eigenvalue weighted by Gasteiger charge is 2.17. The monoisotopic (exact) mass is 323 g/mol. The minimum absolute atomic E-state index is 0.156. The maximum Gasteiger partial charge on any atom is 0.269 e. The van der Waals surface area contributed by atoms with Crippen LogP contribution in [-0.2, 0) is 11.3 Å². The molecule has 0 aromatic heterocycles. The molecule has 2 aromatic carbocycles. The molecular weight excluding hydrogens is 314 g/mol. The van der Waals surface area contributed by atoms with Crippen molar-refractivity contribution >= 4 is 34.0 Å². The van der Waals surface area contributed by atoms with Crippen molar-refractivity contribution in [2.45, 2.75) is 0 Å². The molecule has 114 valence electrons. The quantitative estimate of drug-likeness (QED) is 0.512. The fourth-order valence-corrected chi connectivity index (χ4v) is 2.35. The highest BCUT2D eigenvalue weighted by Crippen LogP contribution is 2.29. The van der Waals surface area contributed by atoms with E-state index >= 15 is 0 Å². The number of hydrogen-bond donors (Lipinski definition) is 1. The van der Waals surface area contributed by atoms with Crippen molar-refractivity contribution in [1.29, 1.82) is 0 Å². The molecule has 1 atom stereocenters. The van der Waals surface area contributed by atoms with Crippen LogP contribution in [0.5, 0.6) is 0 Å². The summed E-state index contributed by atoms with van der Waals surface area (Å²) < 4.78 is 21.9. The van der Waals surface area contributed by atoms with Crippen LogP contribution in [-0.4, -0.2) is 18.6 Å². The first-order valence-corrected chi connectivity index (χ1v) is 6.86. The molecule has 1 unspecified atom stereocenters. The zero-order valence-electron chi connectivity index (χ0n) is 10.9. The molecule has 0 spiro atoms. The molecular formula is C12H9N3O6S. The summed E-state index contributed by atoms with van der Waals surface area (Å²) in [5, 5.41) is 21.2. The van der Waals surface area contributed by atoms with E-state index in [9.17, 15) is 29.0 Å². The molecule has 9 nitrogen and oxygen atoms in total. The Hall–Kier alpha value is -2.85. The number of rotatable bonds is 5. The third-order valence-electron chi connectivity index (χ3n) is 2.75. The zero-order valence-corrected chi connectivity index (χ0v) is 11.7. The lowest BCUT2D eigenvalue weighted by Crippen LogP contribution is -2.19. The predicted molar refractivity (Wildman–Crippen MR) is 79.1 cm³/mol. The molecule has 0 bridgehead atoms. The molecule has 0 fully saturated rings. The SMILES string of the molecule is O=[N+]([O-])c1ccc(N(c2ccc([N+](=O)[O-])cc2)S(=O)O)cc1. The first-order chi connectivity index (χ1) is 10.4. The van der Waals surface area contributed by atoms with Crippen LogP contribution in [0.25, 0.3) is 0 Å². The Bertz CT molecular complexity index is 674. The van der Waals surface area contributed by atoms with E-state index in [0.29, 0.717) is 0 Å². The fourth-order valence-electron chi connectivity index (χ4n) is 1.75. The van der Waals surface area contributed by atoms with Gasteiger partial charge in [-0.25, -0.2) is 8.51 Å². The van der Waals surface area contributed by atoms with E-state index in [-0.39, 0.29) is 22.7 Å². The maximum absolute atomic E-state index is 11.5. The molecule has 0 saturated carbocycles. The maximum atomic E-state index is 11.5. The van der Waals surface area contributed by atoms with E-state index in [1.807, 2.05) is 0 Å². The Morgan fingerprint density at radius 2 is 1.14 bits per heavy atom. The number of benzene rings is 2. The van der Waals surface area contributed by atoms with Crippen molar-refractivity contribution in [2.24, 2.45) is 0 Å². The molecule has 0 aliphatic rings. The summed E-state index contributed by atoms with van der Waals surface area (Å²) in [6, 6.07) is 10.0. The van der Waals surface area contributed by atoms with Gasteiger partial charge in [-0.3, -0.25) is 24.8 Å². The third-order valence-corrected chi connectivity index (χ3v) is 3.48. The molecule has 0 radical (unpaired) electrons. The molecule has 10 heteroatoms. The first-order valence-electron chi connectivity index (χ1n) is 5.80. The summed E-state index contributed by atoms with van der Waals surface area (Å²) in [6.07, 6.45) is 0. The number of non-ortho nitro benzene ring substituents is 2. The molecule has 2 aromatic rings. The van der Waals surface area contributed by atoms with Crippen molar-refractivity contribution in [3.8, 4) is 0 Å². The molecule has 22 heavy (non-hydrogen) atoms. The number of nitro groups is 2. The topological polar surface area (TPSA) is 127 Å². The van der Waals surface area contributed by atoms with Crippen molar-refractivity contribution in [2.75, 3.05) is 4.31 Å². The van der Waals surface area contributed by atoms with Crippen LogP contribution >= 0.6 is 0 Å². The minimum atomic E-state index is -2.45. The van der Waals surface area contributed by atoms with Gasteiger partial charge in [-0.1, -0.05) is 0 Å². The summed E-state index contributed by atoms with van der Waals surface area (Å²) in [5.74, 6) is 0. The molecule has 2 rings (SSSR count). The first kappa shape index (κ1) is 15.5. The Morgan fingerprint density at radius 1 is 0.818 bits per heavy atom. The largest absolute Gasteiger partial charge is 0.289 e. The average molecular weight is 323 g/mol. The van der Waals surface area contributed by atoms with E-state index in [2.05, 4.69) is 0 Å². The second-order valence-electron chi connectivity index (χ2n) is 4.07. The molecule has 0 amide bonds. The lowest BCUT2D eigenvalue weighted by molar-refractivity contribution is -0.385. The average Bonchev–Trinajstić information content (AvgIpc) is 2.48. The van der Waals surface area contributed by atoms with Crippen LogP contribution in [0, 0.1) is 20.2 Å². The van der Waals surface area contributed by atoms with Gasteiger partial charge in [-0.2, -0.15) is 0 Å². The Balaban J connectivity index is 2.39. The zero-order chi connectivity index (χ0) is 16.3. The number of nitrogens with zero attached hydrogens (tertiary/aromatic N) is 3. The van der Waals surface area contributed by atoms with Gasteiger partial charge in [-0.15, -0.1) is 0 Å². The molecule has 0 aliphatic heterocycles. The highest BCUT2D eigenvalue weighted by molar-refractivity contribution is 7.81. The van der Waals surface area contributed by atoms with E-state index in [4.69, 9.17) is 0 Å². The molecule has 0 aliphatic carbocycles. The second-order valence-corrected chi connectivity index (χ2v) is 4.90. The van der Waals surface area contributed by atoms with Crippen LogP contribution < -0.4 is 4.31 Å². The van der Waals surface area contributed by atoms with Gasteiger partial charge in [0, 0.05) is 24.3 Å². The lowest BCUT2D eigenvalue weighted by atomic mass is 10.2. The van der Waals surface area contributed by atoms with Gasteiger partial charge in [0.05, 0.1) is 21.2 Å². The fraction of sp³-hybridized carbons (Fsp3) is 0. The van der Waals surface area contributed by atoms with Crippen molar-refractivity contribution < 1.29 is 18.6 Å². The highest BCUT2D eigenvalue weighted by atomic mass is 32.2. The standard InChI is InChI=1S/C12H9N3O6S/c16-14(17)11-5-1-9(2-6-11)13(22(20)21)10-3-7-12(8-4-10)15(18)19/h1-8H,(H,20,21). The summed E-state index contributed by atoms with van der Waals surface area (Å²) in [7, 11) is 0. The molecule has 1 N–H and O–H groups in total. The Morgan fingerprint density at radius 3 is 1.36 bits per heavy atom. The Labute approximate surface area is 126 Å². The Kier molecular flexibility index (Phi) is 4.44. The summed E-state index contributed by atoms with van der Waals surface area (Å²) >= 11 is -2.45. The molecule has 0 saturated heterocycles. The summed E-state index contributed by atoms with van der Waals surface area (Å²) in [6.45, 7) is 0. The van der Waals surface area contributed by atoms with Gasteiger partial charge in [0.15, 0.2) is 0 Å². The van der Waals surface area contributed by atoms with Crippen LogP contribution in [0.2, 0.25) is 0 Å². The minimum Gasteiger partial charge on any atom is -0.289 e. The van der Waals surface area contributed by atoms with Crippen LogP contribution in [0.15, 0.2) is 48.5 Å². The van der Waals surface area contributed by atoms with E-state index < -0.39 is 21.1 Å². The third kappa shape index (κ3) is 3.24. The number of hydrogen-bond acceptors (Lipinski definition) is 5. The summed E-state index contributed by atoms with van der Waals surface area (Å²) in [4.78, 5) is 20.0. The van der Waals surface area contributed by atoms with Crippen molar-refractivity contribution in [3.05, 3.63) is 68.8 Å². The van der Waals surface area contributed by atoms with Gasteiger partial charge in [0.1, 0.15) is 0 Å². The number of anilines is 2. The van der Waals surface area contributed by atoms with Gasteiger partial charge < -0.3 is 0 Å². The summed E-state index contributed by atoms with van der Waals surface area (Å²) in [5.41, 5.74) is 0.160. The van der Waals surface area contributed by atoms with Gasteiger partial charge in [0.2, 0.25) is 0 Å². The van der Waals surface area contributed by atoms with Crippen molar-refractivity contribution in [3.63, 3.8) is 0 Å².